The van der Waals surface area contributed by atoms with E-state index in [1.807, 2.05) is 13.0 Å². The first kappa shape index (κ1) is 15.3. The van der Waals surface area contributed by atoms with Crippen molar-refractivity contribution >= 4 is 11.6 Å². The number of nitrogens with zero attached hydrogens (tertiary/aromatic N) is 3. The molecule has 1 saturated heterocycles. The largest absolute Gasteiger partial charge is 0.369 e. The Morgan fingerprint density at radius 1 is 1.41 bits per heavy atom. The van der Waals surface area contributed by atoms with Crippen molar-refractivity contribution in [1.82, 2.24) is 14.9 Å². The van der Waals surface area contributed by atoms with E-state index in [-0.39, 0.29) is 11.9 Å². The molecule has 6 heteroatoms. The normalized spacial score (nSPS) is 19.3. The highest BCUT2D eigenvalue weighted by molar-refractivity contribution is 6.31. The molecule has 4 nitrogen and oxygen atoms in total. The van der Waals surface area contributed by atoms with Gasteiger partial charge in [-0.25, -0.2) is 14.4 Å². The quantitative estimate of drug-likeness (QED) is 0.870. The minimum absolute atomic E-state index is 0.0744. The van der Waals surface area contributed by atoms with Crippen LogP contribution in [0.5, 0.6) is 0 Å². The van der Waals surface area contributed by atoms with E-state index in [4.69, 9.17) is 16.3 Å². The molecule has 0 N–H and O–H groups in total. The first-order valence-electron chi connectivity index (χ1n) is 7.19. The maximum atomic E-state index is 13.1. The molecule has 0 bridgehead atoms. The van der Waals surface area contributed by atoms with Gasteiger partial charge in [0.05, 0.1) is 12.3 Å². The predicted molar refractivity (Wildman–Crippen MR) is 82.1 cm³/mol. The molecule has 3 rings (SSSR count). The van der Waals surface area contributed by atoms with Crippen molar-refractivity contribution in [2.24, 2.45) is 0 Å². The third-order valence-electron chi connectivity index (χ3n) is 3.69. The number of morpholine rings is 1. The number of ether oxygens (including phenoxy) is 1. The molecular formula is C16H17ClFN3O. The lowest BCUT2D eigenvalue weighted by molar-refractivity contribution is -0.0351. The van der Waals surface area contributed by atoms with Gasteiger partial charge in [0.25, 0.3) is 0 Å². The molecular weight excluding hydrogens is 305 g/mol. The summed E-state index contributed by atoms with van der Waals surface area (Å²) >= 11 is 6.10. The van der Waals surface area contributed by atoms with E-state index in [0.717, 1.165) is 30.2 Å². The van der Waals surface area contributed by atoms with E-state index < -0.39 is 0 Å². The van der Waals surface area contributed by atoms with Crippen LogP contribution in [0.2, 0.25) is 5.02 Å². The highest BCUT2D eigenvalue weighted by Crippen LogP contribution is 2.24. The van der Waals surface area contributed by atoms with E-state index in [0.29, 0.717) is 18.2 Å². The molecule has 1 aromatic heterocycles. The Balaban J connectivity index is 1.70. The Morgan fingerprint density at radius 3 is 3.05 bits per heavy atom. The minimum atomic E-state index is -0.315. The molecule has 1 unspecified atom stereocenters. The lowest BCUT2D eigenvalue weighted by Crippen LogP contribution is -2.38. The second-order valence-corrected chi connectivity index (χ2v) is 5.77. The van der Waals surface area contributed by atoms with Gasteiger partial charge in [-0.3, -0.25) is 4.90 Å². The van der Waals surface area contributed by atoms with E-state index in [9.17, 15) is 4.39 Å². The van der Waals surface area contributed by atoms with E-state index in [2.05, 4.69) is 14.9 Å². The van der Waals surface area contributed by atoms with Crippen molar-refractivity contribution in [2.45, 2.75) is 19.6 Å². The van der Waals surface area contributed by atoms with Crippen LogP contribution in [0, 0.1) is 12.7 Å². The standard InChI is InChI=1S/C16H17ClFN3O/c1-11-19-5-4-15(20-11)16-10-21(6-7-22-16)9-12-2-3-13(18)8-14(12)17/h2-5,8,16H,6-7,9-10H2,1H3. The summed E-state index contributed by atoms with van der Waals surface area (Å²) in [5.74, 6) is 0.421. The zero-order chi connectivity index (χ0) is 15.5. The number of halogens is 2. The Hall–Kier alpha value is -1.56. The van der Waals surface area contributed by atoms with Gasteiger partial charge in [0.2, 0.25) is 0 Å². The molecule has 22 heavy (non-hydrogen) atoms. The Bertz CT molecular complexity index is 668. The highest BCUT2D eigenvalue weighted by Gasteiger charge is 2.23. The fourth-order valence-corrected chi connectivity index (χ4v) is 2.80. The molecule has 1 aliphatic rings. The summed E-state index contributed by atoms with van der Waals surface area (Å²) in [7, 11) is 0. The number of benzene rings is 1. The zero-order valence-electron chi connectivity index (χ0n) is 12.3. The molecule has 0 radical (unpaired) electrons. The van der Waals surface area contributed by atoms with Crippen LogP contribution in [0.4, 0.5) is 4.39 Å². The van der Waals surface area contributed by atoms with Crippen LogP contribution in [0.25, 0.3) is 0 Å². The van der Waals surface area contributed by atoms with E-state index in [1.165, 1.54) is 12.1 Å². The van der Waals surface area contributed by atoms with Crippen LogP contribution >= 0.6 is 11.6 Å². The summed E-state index contributed by atoms with van der Waals surface area (Å²) in [5, 5.41) is 0.459. The molecule has 1 aromatic carbocycles. The number of aryl methyl sites for hydroxylation is 1. The van der Waals surface area contributed by atoms with Crippen LogP contribution in [-0.4, -0.2) is 34.6 Å². The fourth-order valence-electron chi connectivity index (χ4n) is 2.57. The Kier molecular flexibility index (Phi) is 4.66. The highest BCUT2D eigenvalue weighted by atomic mass is 35.5. The van der Waals surface area contributed by atoms with Gasteiger partial charge in [0.1, 0.15) is 17.7 Å². The molecule has 116 valence electrons. The second-order valence-electron chi connectivity index (χ2n) is 5.36. The maximum absolute atomic E-state index is 13.1. The summed E-state index contributed by atoms with van der Waals surface area (Å²) < 4.78 is 18.9. The van der Waals surface area contributed by atoms with Gasteiger partial charge in [-0.2, -0.15) is 0 Å². The second kappa shape index (κ2) is 6.69. The summed E-state index contributed by atoms with van der Waals surface area (Å²) in [6.07, 6.45) is 1.67. The molecule has 1 atom stereocenters. The number of rotatable bonds is 3. The Morgan fingerprint density at radius 2 is 2.27 bits per heavy atom. The molecule has 0 saturated carbocycles. The van der Waals surface area contributed by atoms with Crippen molar-refractivity contribution in [2.75, 3.05) is 19.7 Å². The number of aromatic nitrogens is 2. The van der Waals surface area contributed by atoms with Gasteiger partial charge in [-0.15, -0.1) is 0 Å². The first-order chi connectivity index (χ1) is 10.6. The van der Waals surface area contributed by atoms with Crippen molar-refractivity contribution < 1.29 is 9.13 Å². The van der Waals surface area contributed by atoms with E-state index in [1.54, 1.807) is 12.3 Å². The third-order valence-corrected chi connectivity index (χ3v) is 4.04. The van der Waals surface area contributed by atoms with Crippen molar-refractivity contribution in [3.63, 3.8) is 0 Å². The van der Waals surface area contributed by atoms with Gasteiger partial charge in [0.15, 0.2) is 0 Å². The molecule has 0 spiro atoms. The average Bonchev–Trinajstić information content (AvgIpc) is 2.50. The van der Waals surface area contributed by atoms with Crippen LogP contribution in [0.15, 0.2) is 30.5 Å². The van der Waals surface area contributed by atoms with Gasteiger partial charge in [0, 0.05) is 30.9 Å². The van der Waals surface area contributed by atoms with E-state index >= 15 is 0 Å². The van der Waals surface area contributed by atoms with Gasteiger partial charge in [-0.1, -0.05) is 17.7 Å². The van der Waals surface area contributed by atoms with Crippen LogP contribution in [0.1, 0.15) is 23.2 Å². The fraction of sp³-hybridized carbons (Fsp3) is 0.375. The van der Waals surface area contributed by atoms with Gasteiger partial charge < -0.3 is 4.74 Å². The lowest BCUT2D eigenvalue weighted by atomic mass is 10.1. The molecule has 1 fully saturated rings. The third kappa shape index (κ3) is 3.61. The van der Waals surface area contributed by atoms with Crippen molar-refractivity contribution in [1.29, 1.82) is 0 Å². The molecule has 1 aliphatic heterocycles. The summed E-state index contributed by atoms with van der Waals surface area (Å²) in [4.78, 5) is 10.8. The summed E-state index contributed by atoms with van der Waals surface area (Å²) in [5.41, 5.74) is 1.81. The van der Waals surface area contributed by atoms with Crippen LogP contribution in [-0.2, 0) is 11.3 Å². The molecule has 2 heterocycles. The number of hydrogen-bond donors (Lipinski definition) is 0. The topological polar surface area (TPSA) is 38.2 Å². The predicted octanol–water partition coefficient (Wildman–Crippen LogP) is 3.15. The molecule has 0 amide bonds. The SMILES string of the molecule is Cc1nccc(C2CN(Cc3ccc(F)cc3Cl)CCO2)n1. The molecule has 0 aliphatic carbocycles. The van der Waals surface area contributed by atoms with Gasteiger partial charge >= 0.3 is 0 Å². The monoisotopic (exact) mass is 321 g/mol. The van der Waals surface area contributed by atoms with Crippen molar-refractivity contribution in [3.05, 3.63) is 58.4 Å². The summed E-state index contributed by atoms with van der Waals surface area (Å²) in [6.45, 7) is 4.70. The average molecular weight is 322 g/mol. The van der Waals surface area contributed by atoms with Crippen molar-refractivity contribution in [3.8, 4) is 0 Å². The van der Waals surface area contributed by atoms with Crippen LogP contribution in [0.3, 0.4) is 0 Å². The smallest absolute Gasteiger partial charge is 0.125 e. The zero-order valence-corrected chi connectivity index (χ0v) is 13.1. The van der Waals surface area contributed by atoms with Crippen LogP contribution < -0.4 is 0 Å². The Labute approximate surface area is 133 Å². The lowest BCUT2D eigenvalue weighted by Gasteiger charge is -2.32. The minimum Gasteiger partial charge on any atom is -0.369 e. The first-order valence-corrected chi connectivity index (χ1v) is 7.57. The molecule has 2 aromatic rings. The maximum Gasteiger partial charge on any atom is 0.125 e. The summed E-state index contributed by atoms with van der Waals surface area (Å²) in [6, 6.07) is 6.40. The van der Waals surface area contributed by atoms with Gasteiger partial charge in [-0.05, 0) is 30.7 Å². The number of hydrogen-bond acceptors (Lipinski definition) is 4.